The van der Waals surface area contributed by atoms with E-state index < -0.39 is 10.0 Å². The number of rotatable bonds is 7. The third kappa shape index (κ3) is 6.47. The summed E-state index contributed by atoms with van der Waals surface area (Å²) in [5.74, 6) is 0.475. The Morgan fingerprint density at radius 3 is 2.58 bits per heavy atom. The minimum Gasteiger partial charge on any atom is -0.466 e. The monoisotopic (exact) mass is 564 g/mol. The van der Waals surface area contributed by atoms with E-state index in [4.69, 9.17) is 4.74 Å². The molecule has 0 aliphatic carbocycles. The van der Waals surface area contributed by atoms with Crippen LogP contribution in [0.1, 0.15) is 32.3 Å². The second kappa shape index (κ2) is 11.9. The van der Waals surface area contributed by atoms with E-state index >= 15 is 0 Å². The number of aliphatic imine (C=N–C) groups is 1. The lowest BCUT2D eigenvalue weighted by Crippen LogP contribution is -2.47. The van der Waals surface area contributed by atoms with Gasteiger partial charge in [0.05, 0.1) is 30.5 Å². The van der Waals surface area contributed by atoms with E-state index in [-0.39, 0.29) is 48.2 Å². The van der Waals surface area contributed by atoms with Crippen LogP contribution in [0.4, 0.5) is 5.69 Å². The van der Waals surface area contributed by atoms with Crippen LogP contribution in [0.3, 0.4) is 0 Å². The first-order valence-corrected chi connectivity index (χ1v) is 12.4. The number of nitrogens with one attached hydrogen (secondary N) is 1. The molecule has 1 aromatic rings. The fraction of sp³-hybridized carbons (Fsp3) is 0.619. The number of fused-ring (bicyclic) bond motifs is 1. The summed E-state index contributed by atoms with van der Waals surface area (Å²) >= 11 is 0. The molecule has 0 unspecified atom stereocenters. The van der Waals surface area contributed by atoms with Gasteiger partial charge in [-0.15, -0.1) is 24.0 Å². The molecule has 31 heavy (non-hydrogen) atoms. The Morgan fingerprint density at radius 1 is 1.19 bits per heavy atom. The van der Waals surface area contributed by atoms with Crippen molar-refractivity contribution in [1.29, 1.82) is 0 Å². The molecule has 1 N–H and O–H groups in total. The molecule has 1 aromatic carbocycles. The number of halogens is 1. The number of hydrogen-bond donors (Lipinski definition) is 1. The van der Waals surface area contributed by atoms with E-state index in [1.54, 1.807) is 0 Å². The fourth-order valence-corrected chi connectivity index (χ4v) is 5.38. The maximum atomic E-state index is 12.9. The minimum absolute atomic E-state index is 0. The second-order valence-electron chi connectivity index (χ2n) is 7.52. The van der Waals surface area contributed by atoms with Gasteiger partial charge >= 0.3 is 5.97 Å². The van der Waals surface area contributed by atoms with Crippen LogP contribution in [0.5, 0.6) is 0 Å². The summed E-state index contributed by atoms with van der Waals surface area (Å²) in [5, 5.41) is 3.24. The third-order valence-corrected chi connectivity index (χ3v) is 7.29. The number of guanidine groups is 1. The number of benzene rings is 1. The summed E-state index contributed by atoms with van der Waals surface area (Å²) in [6, 6.07) is 7.65. The SMILES string of the molecule is CCNC(=NCCS(=O)(=O)N1CCc2ccccc21)N1CCC(C(=O)OCC)CC1.I. The fourth-order valence-electron chi connectivity index (χ4n) is 3.99. The zero-order valence-corrected chi connectivity index (χ0v) is 21.4. The highest BCUT2D eigenvalue weighted by molar-refractivity contribution is 14.0. The second-order valence-corrected chi connectivity index (χ2v) is 9.53. The van der Waals surface area contributed by atoms with E-state index in [2.05, 4.69) is 15.2 Å². The Balaban J connectivity index is 0.00000341. The van der Waals surface area contributed by atoms with Crippen molar-refractivity contribution in [2.75, 3.05) is 49.4 Å². The van der Waals surface area contributed by atoms with Gasteiger partial charge in [0.2, 0.25) is 10.0 Å². The largest absolute Gasteiger partial charge is 0.466 e. The van der Waals surface area contributed by atoms with Crippen molar-refractivity contribution in [3.05, 3.63) is 29.8 Å². The van der Waals surface area contributed by atoms with Crippen LogP contribution in [0.25, 0.3) is 0 Å². The van der Waals surface area contributed by atoms with Gasteiger partial charge in [-0.25, -0.2) is 8.42 Å². The number of ether oxygens (including phenoxy) is 1. The van der Waals surface area contributed by atoms with E-state index in [1.165, 1.54) is 4.31 Å². The molecule has 0 spiro atoms. The highest BCUT2D eigenvalue weighted by Gasteiger charge is 2.29. The van der Waals surface area contributed by atoms with E-state index in [0.717, 1.165) is 17.7 Å². The minimum atomic E-state index is -3.42. The van der Waals surface area contributed by atoms with Crippen LogP contribution < -0.4 is 9.62 Å². The van der Waals surface area contributed by atoms with Gasteiger partial charge in [-0.1, -0.05) is 18.2 Å². The van der Waals surface area contributed by atoms with Crippen molar-refractivity contribution in [3.8, 4) is 0 Å². The molecule has 2 aliphatic heterocycles. The Labute approximate surface area is 202 Å². The predicted molar refractivity (Wildman–Crippen MR) is 134 cm³/mol. The molecule has 8 nitrogen and oxygen atoms in total. The molecule has 2 heterocycles. The van der Waals surface area contributed by atoms with Gasteiger partial charge < -0.3 is 15.0 Å². The summed E-state index contributed by atoms with van der Waals surface area (Å²) in [7, 11) is -3.42. The van der Waals surface area contributed by atoms with Crippen LogP contribution in [0.15, 0.2) is 29.3 Å². The number of piperidine rings is 1. The van der Waals surface area contributed by atoms with Gasteiger partial charge in [-0.05, 0) is 44.7 Å². The summed E-state index contributed by atoms with van der Waals surface area (Å²) in [4.78, 5) is 18.6. The summed E-state index contributed by atoms with van der Waals surface area (Å²) < 4.78 is 32.4. The number of esters is 1. The van der Waals surface area contributed by atoms with Gasteiger partial charge in [0.15, 0.2) is 5.96 Å². The zero-order chi connectivity index (χ0) is 21.6. The predicted octanol–water partition coefficient (Wildman–Crippen LogP) is 2.24. The van der Waals surface area contributed by atoms with Gasteiger partial charge in [-0.2, -0.15) is 0 Å². The van der Waals surface area contributed by atoms with Crippen LogP contribution in [-0.2, 0) is 26.0 Å². The molecule has 3 rings (SSSR count). The molecule has 0 radical (unpaired) electrons. The highest BCUT2D eigenvalue weighted by Crippen LogP contribution is 2.30. The average molecular weight is 564 g/mol. The molecular weight excluding hydrogens is 531 g/mol. The molecule has 0 amide bonds. The van der Waals surface area contributed by atoms with Gasteiger partial charge in [0.1, 0.15) is 0 Å². The van der Waals surface area contributed by atoms with E-state index in [0.29, 0.717) is 51.6 Å². The highest BCUT2D eigenvalue weighted by atomic mass is 127. The molecule has 0 aromatic heterocycles. The Hall–Kier alpha value is -1.56. The standard InChI is InChI=1S/C21H32N4O4S.HI/c1-3-22-21(24-13-9-18(10-14-24)20(26)29-4-2)23-12-16-30(27,28)25-15-11-17-7-5-6-8-19(17)25;/h5-8,18H,3-4,9-16H2,1-2H3,(H,22,23);1H. The number of carbonyl (C=O) groups excluding carboxylic acids is 1. The Kier molecular flexibility index (Phi) is 9.86. The first-order valence-electron chi connectivity index (χ1n) is 10.7. The Bertz CT molecular complexity index is 870. The average Bonchev–Trinajstić information content (AvgIpc) is 3.18. The number of likely N-dealkylation sites (tertiary alicyclic amines) is 1. The lowest BCUT2D eigenvalue weighted by molar-refractivity contribution is -0.149. The van der Waals surface area contributed by atoms with Gasteiger partial charge in [0.25, 0.3) is 0 Å². The molecule has 0 atom stereocenters. The van der Waals surface area contributed by atoms with Crippen LogP contribution in [-0.4, -0.2) is 70.3 Å². The molecule has 0 saturated carbocycles. The topological polar surface area (TPSA) is 91.3 Å². The van der Waals surface area contributed by atoms with Gasteiger partial charge in [-0.3, -0.25) is 14.1 Å². The van der Waals surface area contributed by atoms with Crippen LogP contribution in [0, 0.1) is 5.92 Å². The summed E-state index contributed by atoms with van der Waals surface area (Å²) in [6.45, 7) is 6.98. The number of sulfonamides is 1. The number of hydrogen-bond acceptors (Lipinski definition) is 5. The quantitative estimate of drug-likeness (QED) is 0.237. The van der Waals surface area contributed by atoms with Crippen LogP contribution in [0.2, 0.25) is 0 Å². The lowest BCUT2D eigenvalue weighted by atomic mass is 9.97. The molecule has 174 valence electrons. The number of anilines is 1. The van der Waals surface area contributed by atoms with Crippen LogP contribution >= 0.6 is 24.0 Å². The van der Waals surface area contributed by atoms with E-state index in [1.807, 2.05) is 38.1 Å². The molecule has 10 heteroatoms. The van der Waals surface area contributed by atoms with Crippen molar-refractivity contribution < 1.29 is 17.9 Å². The van der Waals surface area contributed by atoms with Crippen molar-refractivity contribution in [1.82, 2.24) is 10.2 Å². The third-order valence-electron chi connectivity index (χ3n) is 5.54. The maximum absolute atomic E-state index is 12.9. The first kappa shape index (κ1) is 25.7. The number of carbonyl (C=O) groups is 1. The maximum Gasteiger partial charge on any atom is 0.309 e. The lowest BCUT2D eigenvalue weighted by Gasteiger charge is -2.33. The van der Waals surface area contributed by atoms with Gasteiger partial charge in [0, 0.05) is 26.2 Å². The normalized spacial score (nSPS) is 17.2. The first-order chi connectivity index (χ1) is 14.5. The van der Waals surface area contributed by atoms with Crippen molar-refractivity contribution in [2.24, 2.45) is 10.9 Å². The smallest absolute Gasteiger partial charge is 0.309 e. The Morgan fingerprint density at radius 2 is 1.90 bits per heavy atom. The molecule has 1 fully saturated rings. The molecule has 1 saturated heterocycles. The van der Waals surface area contributed by atoms with Crippen molar-refractivity contribution in [2.45, 2.75) is 33.1 Å². The number of para-hydroxylation sites is 1. The molecular formula is C21H33IN4O4S. The zero-order valence-electron chi connectivity index (χ0n) is 18.2. The van der Waals surface area contributed by atoms with E-state index in [9.17, 15) is 13.2 Å². The summed E-state index contributed by atoms with van der Waals surface area (Å²) in [6.07, 6.45) is 2.18. The summed E-state index contributed by atoms with van der Waals surface area (Å²) in [5.41, 5.74) is 1.86. The number of nitrogens with zero attached hydrogens (tertiary/aromatic N) is 3. The molecule has 2 aliphatic rings. The van der Waals surface area contributed by atoms with Crippen molar-refractivity contribution in [3.63, 3.8) is 0 Å². The van der Waals surface area contributed by atoms with Crippen molar-refractivity contribution >= 4 is 51.6 Å². The molecule has 0 bridgehead atoms.